The first kappa shape index (κ1) is 16.7. The van der Waals surface area contributed by atoms with Crippen molar-refractivity contribution in [2.24, 2.45) is 11.0 Å². The van der Waals surface area contributed by atoms with E-state index in [1.807, 2.05) is 6.92 Å². The van der Waals surface area contributed by atoms with Crippen molar-refractivity contribution in [1.29, 1.82) is 0 Å². The van der Waals surface area contributed by atoms with Crippen molar-refractivity contribution in [2.45, 2.75) is 45.6 Å². The van der Waals surface area contributed by atoms with Crippen molar-refractivity contribution < 1.29 is 9.53 Å². The van der Waals surface area contributed by atoms with Gasteiger partial charge in [0.1, 0.15) is 5.54 Å². The second-order valence-electron chi connectivity index (χ2n) is 4.53. The summed E-state index contributed by atoms with van der Waals surface area (Å²) in [6.07, 6.45) is 2.39. The summed E-state index contributed by atoms with van der Waals surface area (Å²) >= 11 is 0. The quantitative estimate of drug-likeness (QED) is 0.226. The molecule has 2 unspecified atom stereocenters. The summed E-state index contributed by atoms with van der Waals surface area (Å²) in [5, 5.41) is 6.65. The van der Waals surface area contributed by atoms with Crippen LogP contribution in [0.1, 0.15) is 40.0 Å². The molecular formula is C12H24N4O2. The number of nitrogens with zero attached hydrogens (tertiary/aromatic N) is 3. The van der Waals surface area contributed by atoms with Crippen LogP contribution in [-0.2, 0) is 9.53 Å². The molecule has 0 heterocycles. The molecule has 6 heteroatoms. The van der Waals surface area contributed by atoms with Crippen LogP contribution in [0.5, 0.6) is 0 Å². The summed E-state index contributed by atoms with van der Waals surface area (Å²) in [4.78, 5) is 14.7. The number of rotatable bonds is 9. The Morgan fingerprint density at radius 2 is 2.22 bits per heavy atom. The fourth-order valence-corrected chi connectivity index (χ4v) is 1.97. The van der Waals surface area contributed by atoms with Crippen LogP contribution in [0.15, 0.2) is 5.11 Å². The molecule has 0 aliphatic heterocycles. The number of esters is 1. The zero-order valence-electron chi connectivity index (χ0n) is 11.8. The van der Waals surface area contributed by atoms with Crippen LogP contribution in [0.2, 0.25) is 0 Å². The van der Waals surface area contributed by atoms with Gasteiger partial charge in [0.05, 0.1) is 7.11 Å². The van der Waals surface area contributed by atoms with Gasteiger partial charge in [-0.05, 0) is 24.3 Å². The Labute approximate surface area is 109 Å². The van der Waals surface area contributed by atoms with Crippen molar-refractivity contribution in [3.05, 3.63) is 10.4 Å². The molecule has 6 nitrogen and oxygen atoms in total. The Hall–Kier alpha value is -1.26. The van der Waals surface area contributed by atoms with Crippen LogP contribution < -0.4 is 5.32 Å². The molecule has 0 rings (SSSR count). The molecule has 2 atom stereocenters. The molecule has 0 aliphatic rings. The van der Waals surface area contributed by atoms with Crippen molar-refractivity contribution in [1.82, 2.24) is 5.32 Å². The molecule has 1 N–H and O–H groups in total. The maximum atomic E-state index is 12.0. The van der Waals surface area contributed by atoms with Gasteiger partial charge in [0.25, 0.3) is 0 Å². The normalized spacial score (nSPS) is 15.3. The van der Waals surface area contributed by atoms with Gasteiger partial charge >= 0.3 is 5.97 Å². The molecule has 0 fully saturated rings. The molecule has 0 bridgehead atoms. The minimum Gasteiger partial charge on any atom is -0.468 e. The Morgan fingerprint density at radius 1 is 1.56 bits per heavy atom. The second-order valence-corrected chi connectivity index (χ2v) is 4.53. The Kier molecular flexibility index (Phi) is 8.16. The van der Waals surface area contributed by atoms with Crippen LogP contribution in [0.25, 0.3) is 10.4 Å². The number of ether oxygens (including phenoxy) is 1. The van der Waals surface area contributed by atoms with Crippen LogP contribution in [0.4, 0.5) is 0 Å². The van der Waals surface area contributed by atoms with Crippen molar-refractivity contribution >= 4 is 5.97 Å². The molecule has 0 aliphatic carbocycles. The van der Waals surface area contributed by atoms with Gasteiger partial charge in [0.15, 0.2) is 0 Å². The average Bonchev–Trinajstić information content (AvgIpc) is 2.41. The van der Waals surface area contributed by atoms with Gasteiger partial charge in [-0.1, -0.05) is 32.3 Å². The highest BCUT2D eigenvalue weighted by Gasteiger charge is 2.38. The average molecular weight is 256 g/mol. The highest BCUT2D eigenvalue weighted by molar-refractivity contribution is 5.80. The molecule has 0 saturated carbocycles. The second kappa shape index (κ2) is 8.78. The molecule has 0 amide bonds. The van der Waals surface area contributed by atoms with Gasteiger partial charge in [-0.3, -0.25) is 4.79 Å². The third-order valence-electron chi connectivity index (χ3n) is 3.31. The van der Waals surface area contributed by atoms with E-state index in [2.05, 4.69) is 29.2 Å². The van der Waals surface area contributed by atoms with E-state index < -0.39 is 5.54 Å². The first-order chi connectivity index (χ1) is 8.56. The molecule has 104 valence electrons. The number of hydrogen-bond acceptors (Lipinski definition) is 4. The maximum Gasteiger partial charge on any atom is 0.326 e. The van der Waals surface area contributed by atoms with Crippen LogP contribution in [0.3, 0.4) is 0 Å². The van der Waals surface area contributed by atoms with Gasteiger partial charge in [-0.15, -0.1) is 0 Å². The van der Waals surface area contributed by atoms with E-state index in [4.69, 9.17) is 10.3 Å². The summed E-state index contributed by atoms with van der Waals surface area (Å²) in [7, 11) is 1.40. The number of carbonyl (C=O) groups excluding carboxylic acids is 1. The highest BCUT2D eigenvalue weighted by atomic mass is 16.5. The molecule has 18 heavy (non-hydrogen) atoms. The topological polar surface area (TPSA) is 87.1 Å². The molecule has 0 aromatic carbocycles. The van der Waals surface area contributed by atoms with Gasteiger partial charge in [-0.25, -0.2) is 0 Å². The summed E-state index contributed by atoms with van der Waals surface area (Å²) in [6.45, 7) is 6.98. The predicted octanol–water partition coefficient (Wildman–Crippen LogP) is 2.64. The van der Waals surface area contributed by atoms with E-state index in [0.29, 0.717) is 25.4 Å². The highest BCUT2D eigenvalue weighted by Crippen LogP contribution is 2.24. The zero-order chi connectivity index (χ0) is 14.0. The predicted molar refractivity (Wildman–Crippen MR) is 71.1 cm³/mol. The maximum absolute atomic E-state index is 12.0. The zero-order valence-corrected chi connectivity index (χ0v) is 11.8. The number of nitrogens with one attached hydrogen (secondary N) is 1. The fraction of sp³-hybridized carbons (Fsp3) is 0.917. The molecule has 0 spiro atoms. The minimum atomic E-state index is -0.671. The van der Waals surface area contributed by atoms with E-state index >= 15 is 0 Å². The standard InChI is InChI=1S/C12H24N4O2/c1-5-10(3)9-12(6-2,11(17)18-4)14-7-8-15-16-13/h10,14H,5-9H2,1-4H3. The van der Waals surface area contributed by atoms with Gasteiger partial charge in [-0.2, -0.15) is 0 Å². The van der Waals surface area contributed by atoms with E-state index in [9.17, 15) is 4.79 Å². The van der Waals surface area contributed by atoms with E-state index in [0.717, 1.165) is 12.8 Å². The van der Waals surface area contributed by atoms with Gasteiger partial charge in [0.2, 0.25) is 0 Å². The van der Waals surface area contributed by atoms with Crippen LogP contribution in [-0.4, -0.2) is 31.7 Å². The fourth-order valence-electron chi connectivity index (χ4n) is 1.97. The van der Waals surface area contributed by atoms with Crippen LogP contribution >= 0.6 is 0 Å². The van der Waals surface area contributed by atoms with Crippen molar-refractivity contribution in [3.63, 3.8) is 0 Å². The lowest BCUT2D eigenvalue weighted by atomic mass is 9.84. The lowest BCUT2D eigenvalue weighted by Crippen LogP contribution is -2.54. The summed E-state index contributed by atoms with van der Waals surface area (Å²) in [6, 6.07) is 0. The van der Waals surface area contributed by atoms with Gasteiger partial charge < -0.3 is 10.1 Å². The van der Waals surface area contributed by atoms with E-state index in [1.54, 1.807) is 0 Å². The lowest BCUT2D eigenvalue weighted by Gasteiger charge is -2.33. The monoisotopic (exact) mass is 256 g/mol. The molecule has 0 saturated heterocycles. The lowest BCUT2D eigenvalue weighted by molar-refractivity contribution is -0.149. The SMILES string of the molecule is CCC(C)CC(CC)(NCCN=[N+]=[N-])C(=O)OC. The Morgan fingerprint density at radius 3 is 2.67 bits per heavy atom. The molecule has 0 aromatic rings. The Bertz CT molecular complexity index is 302. The largest absolute Gasteiger partial charge is 0.468 e. The number of azide groups is 1. The number of methoxy groups -OCH3 is 1. The number of hydrogen-bond donors (Lipinski definition) is 1. The smallest absolute Gasteiger partial charge is 0.326 e. The molecule has 0 aromatic heterocycles. The van der Waals surface area contributed by atoms with Crippen molar-refractivity contribution in [2.75, 3.05) is 20.2 Å². The summed E-state index contributed by atoms with van der Waals surface area (Å²) in [5.74, 6) is 0.183. The van der Waals surface area contributed by atoms with Crippen molar-refractivity contribution in [3.8, 4) is 0 Å². The first-order valence-corrected chi connectivity index (χ1v) is 6.40. The van der Waals surface area contributed by atoms with Gasteiger partial charge in [0, 0.05) is 18.0 Å². The third-order valence-corrected chi connectivity index (χ3v) is 3.31. The summed E-state index contributed by atoms with van der Waals surface area (Å²) < 4.78 is 4.90. The van der Waals surface area contributed by atoms with Crippen LogP contribution in [0, 0.1) is 5.92 Å². The summed E-state index contributed by atoms with van der Waals surface area (Å²) in [5.41, 5.74) is 7.56. The van der Waals surface area contributed by atoms with E-state index in [-0.39, 0.29) is 5.97 Å². The third kappa shape index (κ3) is 4.94. The molecule has 0 radical (unpaired) electrons. The molecular weight excluding hydrogens is 232 g/mol. The first-order valence-electron chi connectivity index (χ1n) is 6.40. The minimum absolute atomic E-state index is 0.244. The van der Waals surface area contributed by atoms with E-state index in [1.165, 1.54) is 7.11 Å². The Balaban J connectivity index is 4.74. The number of carbonyl (C=O) groups is 1.